The van der Waals surface area contributed by atoms with Gasteiger partial charge in [0.25, 0.3) is 5.91 Å². The fourth-order valence-electron chi connectivity index (χ4n) is 3.21. The lowest BCUT2D eigenvalue weighted by Gasteiger charge is -2.18. The molecule has 3 aromatic rings. The number of nitrogens with one attached hydrogen (secondary N) is 1. The Kier molecular flexibility index (Phi) is 7.05. The van der Waals surface area contributed by atoms with E-state index in [-0.39, 0.29) is 18.4 Å². The molecule has 0 aliphatic rings. The highest BCUT2D eigenvalue weighted by Crippen LogP contribution is 2.17. The minimum Gasteiger partial charge on any atom is -0.459 e. The largest absolute Gasteiger partial charge is 0.459 e. The molecule has 0 fully saturated rings. The van der Waals surface area contributed by atoms with Crippen molar-refractivity contribution in [2.45, 2.75) is 39.2 Å². The molecule has 0 bridgehead atoms. The number of hydrogen-bond acceptors (Lipinski definition) is 4. The van der Waals surface area contributed by atoms with Gasteiger partial charge in [-0.3, -0.25) is 9.59 Å². The molecular formula is C22H28N4O3. The van der Waals surface area contributed by atoms with E-state index in [1.165, 1.54) is 6.26 Å². The molecule has 29 heavy (non-hydrogen) atoms. The topological polar surface area (TPSA) is 80.4 Å². The number of para-hydroxylation sites is 2. The van der Waals surface area contributed by atoms with Crippen LogP contribution in [-0.2, 0) is 17.8 Å². The molecule has 0 atom stereocenters. The number of furan rings is 1. The molecule has 2 heterocycles. The number of imidazole rings is 1. The Hall–Kier alpha value is -3.09. The Bertz CT molecular complexity index is 946. The van der Waals surface area contributed by atoms with Crippen LogP contribution < -0.4 is 5.32 Å². The summed E-state index contributed by atoms with van der Waals surface area (Å²) >= 11 is 0. The van der Waals surface area contributed by atoms with Crippen LogP contribution in [0.25, 0.3) is 11.0 Å². The molecule has 0 aliphatic carbocycles. The minimum atomic E-state index is -0.226. The number of carbonyl (C=O) groups excluding carboxylic acids is 2. The molecule has 7 nitrogen and oxygen atoms in total. The van der Waals surface area contributed by atoms with Crippen LogP contribution in [0.15, 0.2) is 47.1 Å². The van der Waals surface area contributed by atoms with Gasteiger partial charge in [-0.25, -0.2) is 4.98 Å². The number of benzene rings is 1. The van der Waals surface area contributed by atoms with E-state index >= 15 is 0 Å². The number of nitrogens with zero attached hydrogens (tertiary/aromatic N) is 3. The monoisotopic (exact) mass is 396 g/mol. The molecule has 0 saturated carbocycles. The van der Waals surface area contributed by atoms with Crippen LogP contribution in [0.5, 0.6) is 0 Å². The van der Waals surface area contributed by atoms with E-state index in [1.807, 2.05) is 35.9 Å². The first-order valence-electron chi connectivity index (χ1n) is 10.1. The average molecular weight is 396 g/mol. The highest BCUT2D eigenvalue weighted by molar-refractivity contribution is 5.91. The SMILES string of the molecule is CCCCN(C)C(=O)Cn1c(CCCNC(=O)c2ccco2)nc2ccccc21. The molecule has 2 aromatic heterocycles. The van der Waals surface area contributed by atoms with Gasteiger partial charge in [-0.05, 0) is 37.1 Å². The van der Waals surface area contributed by atoms with Gasteiger partial charge in [0.05, 0.1) is 17.3 Å². The van der Waals surface area contributed by atoms with Gasteiger partial charge in [-0.15, -0.1) is 0 Å². The second-order valence-electron chi connectivity index (χ2n) is 7.11. The zero-order chi connectivity index (χ0) is 20.6. The first kappa shape index (κ1) is 20.6. The summed E-state index contributed by atoms with van der Waals surface area (Å²) in [6.07, 6.45) is 4.91. The summed E-state index contributed by atoms with van der Waals surface area (Å²) in [5.41, 5.74) is 1.84. The molecule has 0 aliphatic heterocycles. The van der Waals surface area contributed by atoms with E-state index in [2.05, 4.69) is 12.2 Å². The summed E-state index contributed by atoms with van der Waals surface area (Å²) in [6.45, 7) is 3.66. The second kappa shape index (κ2) is 9.91. The number of hydrogen-bond donors (Lipinski definition) is 1. The fourth-order valence-corrected chi connectivity index (χ4v) is 3.21. The van der Waals surface area contributed by atoms with Gasteiger partial charge in [0.1, 0.15) is 12.4 Å². The van der Waals surface area contributed by atoms with Crippen molar-refractivity contribution in [1.82, 2.24) is 19.8 Å². The van der Waals surface area contributed by atoms with Crippen molar-refractivity contribution >= 4 is 22.8 Å². The minimum absolute atomic E-state index is 0.0778. The highest BCUT2D eigenvalue weighted by atomic mass is 16.3. The maximum atomic E-state index is 12.7. The number of carbonyl (C=O) groups is 2. The molecule has 7 heteroatoms. The maximum Gasteiger partial charge on any atom is 0.286 e. The zero-order valence-corrected chi connectivity index (χ0v) is 17.1. The van der Waals surface area contributed by atoms with E-state index in [1.54, 1.807) is 17.0 Å². The zero-order valence-electron chi connectivity index (χ0n) is 17.1. The molecule has 2 amide bonds. The van der Waals surface area contributed by atoms with Crippen LogP contribution in [0, 0.1) is 0 Å². The predicted octanol–water partition coefficient (Wildman–Crippen LogP) is 3.25. The molecule has 3 rings (SSSR count). The van der Waals surface area contributed by atoms with E-state index < -0.39 is 0 Å². The average Bonchev–Trinajstić information content (AvgIpc) is 3.38. The first-order valence-corrected chi connectivity index (χ1v) is 10.1. The summed E-state index contributed by atoms with van der Waals surface area (Å²) in [5.74, 6) is 1.01. The Balaban J connectivity index is 1.64. The molecule has 154 valence electrons. The quantitative estimate of drug-likeness (QED) is 0.534. The van der Waals surface area contributed by atoms with Crippen LogP contribution >= 0.6 is 0 Å². The number of rotatable bonds is 10. The van der Waals surface area contributed by atoms with Crippen molar-refractivity contribution in [2.75, 3.05) is 20.1 Å². The molecule has 0 unspecified atom stereocenters. The molecule has 0 radical (unpaired) electrons. The van der Waals surface area contributed by atoms with Crippen LogP contribution in [0.3, 0.4) is 0 Å². The Morgan fingerprint density at radius 2 is 2.00 bits per heavy atom. The highest BCUT2D eigenvalue weighted by Gasteiger charge is 2.16. The molecular weight excluding hydrogens is 368 g/mol. The number of fused-ring (bicyclic) bond motifs is 1. The van der Waals surface area contributed by atoms with Crippen molar-refractivity contribution < 1.29 is 14.0 Å². The van der Waals surface area contributed by atoms with Crippen molar-refractivity contribution in [3.05, 3.63) is 54.2 Å². The second-order valence-corrected chi connectivity index (χ2v) is 7.11. The van der Waals surface area contributed by atoms with Crippen molar-refractivity contribution in [3.8, 4) is 0 Å². The molecule has 0 saturated heterocycles. The summed E-state index contributed by atoms with van der Waals surface area (Å²) in [7, 11) is 1.85. The fraction of sp³-hybridized carbons (Fsp3) is 0.409. The normalized spacial score (nSPS) is 11.0. The lowest BCUT2D eigenvalue weighted by Crippen LogP contribution is -2.31. The lowest BCUT2D eigenvalue weighted by atomic mass is 10.2. The van der Waals surface area contributed by atoms with E-state index in [4.69, 9.17) is 9.40 Å². The number of likely N-dealkylation sites (N-methyl/N-ethyl adjacent to an activating group) is 1. The lowest BCUT2D eigenvalue weighted by molar-refractivity contribution is -0.130. The number of amides is 2. The summed E-state index contributed by atoms with van der Waals surface area (Å²) in [4.78, 5) is 31.1. The van der Waals surface area contributed by atoms with Crippen molar-refractivity contribution in [3.63, 3.8) is 0 Å². The van der Waals surface area contributed by atoms with Crippen molar-refractivity contribution in [1.29, 1.82) is 0 Å². The van der Waals surface area contributed by atoms with Crippen LogP contribution in [-0.4, -0.2) is 46.4 Å². The van der Waals surface area contributed by atoms with E-state index in [0.29, 0.717) is 18.7 Å². The van der Waals surface area contributed by atoms with Gasteiger partial charge >= 0.3 is 0 Å². The third-order valence-electron chi connectivity index (χ3n) is 4.91. The number of aromatic nitrogens is 2. The molecule has 1 N–H and O–H groups in total. The Morgan fingerprint density at radius 1 is 1.17 bits per heavy atom. The van der Waals surface area contributed by atoms with Crippen LogP contribution in [0.4, 0.5) is 0 Å². The third-order valence-corrected chi connectivity index (χ3v) is 4.91. The summed E-state index contributed by atoms with van der Waals surface area (Å²) in [5, 5.41) is 2.85. The molecule has 0 spiro atoms. The van der Waals surface area contributed by atoms with Crippen LogP contribution in [0.1, 0.15) is 42.6 Å². The van der Waals surface area contributed by atoms with Crippen molar-refractivity contribution in [2.24, 2.45) is 0 Å². The standard InChI is InChI=1S/C22H28N4O3/c1-3-4-14-25(2)21(27)16-26-18-10-6-5-9-17(18)24-20(26)12-7-13-23-22(28)19-11-8-15-29-19/h5-6,8-11,15H,3-4,7,12-14,16H2,1-2H3,(H,23,28). The maximum absolute atomic E-state index is 12.7. The van der Waals surface area contributed by atoms with Gasteiger partial charge < -0.3 is 19.2 Å². The van der Waals surface area contributed by atoms with Crippen LogP contribution in [0.2, 0.25) is 0 Å². The van der Waals surface area contributed by atoms with Gasteiger partial charge in [-0.2, -0.15) is 0 Å². The summed E-state index contributed by atoms with van der Waals surface area (Å²) in [6, 6.07) is 11.2. The third kappa shape index (κ3) is 5.25. The van der Waals surface area contributed by atoms with E-state index in [0.717, 1.165) is 42.7 Å². The molecule has 1 aromatic carbocycles. The Labute approximate surface area is 170 Å². The van der Waals surface area contributed by atoms with Gasteiger partial charge in [0, 0.05) is 26.6 Å². The van der Waals surface area contributed by atoms with E-state index in [9.17, 15) is 9.59 Å². The van der Waals surface area contributed by atoms with Gasteiger partial charge in [-0.1, -0.05) is 25.5 Å². The first-order chi connectivity index (χ1) is 14.1. The number of unbranched alkanes of at least 4 members (excludes halogenated alkanes) is 1. The predicted molar refractivity (Wildman–Crippen MR) is 112 cm³/mol. The van der Waals surface area contributed by atoms with Gasteiger partial charge in [0.15, 0.2) is 5.76 Å². The summed E-state index contributed by atoms with van der Waals surface area (Å²) < 4.78 is 7.09. The number of aryl methyl sites for hydroxylation is 1. The Morgan fingerprint density at radius 3 is 2.76 bits per heavy atom. The smallest absolute Gasteiger partial charge is 0.286 e. The van der Waals surface area contributed by atoms with Gasteiger partial charge in [0.2, 0.25) is 5.91 Å².